The van der Waals surface area contributed by atoms with Crippen LogP contribution >= 0.6 is 0 Å². The van der Waals surface area contributed by atoms with E-state index in [4.69, 9.17) is 4.74 Å². The van der Waals surface area contributed by atoms with Crippen molar-refractivity contribution in [2.45, 2.75) is 39.2 Å². The van der Waals surface area contributed by atoms with Crippen LogP contribution in [-0.2, 0) is 43.9 Å². The van der Waals surface area contributed by atoms with E-state index in [0.29, 0.717) is 13.0 Å². The molecule has 1 aliphatic rings. The van der Waals surface area contributed by atoms with E-state index in [0.717, 1.165) is 24.2 Å². The molecule has 1 aliphatic heterocycles. The van der Waals surface area contributed by atoms with Gasteiger partial charge < -0.3 is 10.1 Å². The van der Waals surface area contributed by atoms with Gasteiger partial charge in [0, 0.05) is 44.9 Å². The van der Waals surface area contributed by atoms with E-state index in [1.54, 1.807) is 0 Å². The van der Waals surface area contributed by atoms with Crippen molar-refractivity contribution in [3.63, 3.8) is 0 Å². The molecule has 1 heterocycles. The fourth-order valence-corrected chi connectivity index (χ4v) is 1.94. The Labute approximate surface area is 134 Å². The van der Waals surface area contributed by atoms with Crippen LogP contribution in [0.1, 0.15) is 30.9 Å². The molecule has 1 aromatic rings. The summed E-state index contributed by atoms with van der Waals surface area (Å²) < 4.78 is 5.84. The maximum atomic E-state index is 11.2. The normalized spacial score (nSPS) is 17.1. The monoisotopic (exact) mass is 321 g/mol. The molecule has 1 N–H and O–H groups in total. The van der Waals surface area contributed by atoms with Gasteiger partial charge in [0.2, 0.25) is 5.91 Å². The van der Waals surface area contributed by atoms with Crippen LogP contribution in [0.4, 0.5) is 0 Å². The number of aryl methyl sites for hydroxylation is 2. The summed E-state index contributed by atoms with van der Waals surface area (Å²) in [6, 6.07) is 7.38. The van der Waals surface area contributed by atoms with E-state index >= 15 is 0 Å². The topological polar surface area (TPSA) is 38.3 Å². The second-order valence-corrected chi connectivity index (χ2v) is 4.43. The van der Waals surface area contributed by atoms with Crippen molar-refractivity contribution in [1.82, 2.24) is 5.32 Å². The van der Waals surface area contributed by atoms with Crippen LogP contribution in [0.3, 0.4) is 0 Å². The van der Waals surface area contributed by atoms with Crippen molar-refractivity contribution in [1.29, 1.82) is 0 Å². The Morgan fingerprint density at radius 2 is 2.33 bits per heavy atom. The van der Waals surface area contributed by atoms with Crippen LogP contribution in [0.15, 0.2) is 12.1 Å². The molecule has 0 fully saturated rings. The third-order valence-electron chi connectivity index (χ3n) is 3.01. The van der Waals surface area contributed by atoms with Crippen molar-refractivity contribution in [3.8, 4) is 5.75 Å². The Hall–Kier alpha value is -0.406. The molecule has 18 heavy (non-hydrogen) atoms. The van der Waals surface area contributed by atoms with Crippen molar-refractivity contribution in [2.24, 2.45) is 0 Å². The van der Waals surface area contributed by atoms with E-state index in [9.17, 15) is 4.79 Å². The molecule has 0 aromatic heterocycles. The van der Waals surface area contributed by atoms with Gasteiger partial charge in [-0.2, -0.15) is 17.7 Å². The summed E-state index contributed by atoms with van der Waals surface area (Å²) in [7, 11) is 0. The first-order valence-corrected chi connectivity index (χ1v) is 6.14. The van der Waals surface area contributed by atoms with Gasteiger partial charge in [0.15, 0.2) is 0 Å². The quantitative estimate of drug-likeness (QED) is 0.865. The molecule has 0 saturated heterocycles. The average molecular weight is 321 g/mol. The summed E-state index contributed by atoms with van der Waals surface area (Å²) in [6.45, 7) is 4.45. The maximum absolute atomic E-state index is 11.2. The standard InChI is InChI=1S/C14H18NO2.Y/c1-3-14(16)15-9-12-7-6-11-5-4-10(2)8-13(11)17-12;/h4-5,12H,3,6-7,9H2,1-2H3,(H,15,16);/q-1;. The molecule has 1 atom stereocenters. The van der Waals surface area contributed by atoms with Gasteiger partial charge in [0.05, 0.1) is 6.54 Å². The molecule has 1 aromatic carbocycles. The number of hydrogen-bond donors (Lipinski definition) is 1. The minimum absolute atomic E-state index is 0. The molecule has 0 spiro atoms. The molecule has 4 heteroatoms. The van der Waals surface area contributed by atoms with Gasteiger partial charge in [-0.15, -0.1) is 11.6 Å². The van der Waals surface area contributed by atoms with Crippen molar-refractivity contribution in [3.05, 3.63) is 29.3 Å². The molecule has 1 unspecified atom stereocenters. The Morgan fingerprint density at radius 3 is 3.06 bits per heavy atom. The second-order valence-electron chi connectivity index (χ2n) is 4.43. The first-order chi connectivity index (χ1) is 8.19. The van der Waals surface area contributed by atoms with Crippen LogP contribution in [0.2, 0.25) is 0 Å². The van der Waals surface area contributed by atoms with Gasteiger partial charge in [0.1, 0.15) is 6.10 Å². The number of benzene rings is 1. The molecule has 2 rings (SSSR count). The van der Waals surface area contributed by atoms with Gasteiger partial charge >= 0.3 is 0 Å². The second kappa shape index (κ2) is 7.25. The number of fused-ring (bicyclic) bond motifs is 1. The molecule has 95 valence electrons. The van der Waals surface area contributed by atoms with E-state index in [1.807, 2.05) is 13.8 Å². The SMILES string of the molecule is CCC(=O)NCC1CCc2ccc(C)[c-]c2O1.[Y]. The molecule has 1 amide bonds. The summed E-state index contributed by atoms with van der Waals surface area (Å²) in [5, 5.41) is 2.87. The Morgan fingerprint density at radius 1 is 1.56 bits per heavy atom. The van der Waals surface area contributed by atoms with Gasteiger partial charge in [0.25, 0.3) is 0 Å². The summed E-state index contributed by atoms with van der Waals surface area (Å²) >= 11 is 0. The Kier molecular flexibility index (Phi) is 6.30. The summed E-state index contributed by atoms with van der Waals surface area (Å²) in [5.74, 6) is 0.930. The van der Waals surface area contributed by atoms with Crippen molar-refractivity contribution < 1.29 is 42.2 Å². The zero-order valence-corrected chi connectivity index (χ0v) is 13.8. The predicted octanol–water partition coefficient (Wildman–Crippen LogP) is 2.01. The minimum Gasteiger partial charge on any atom is -0.514 e. The number of carbonyl (C=O) groups is 1. The van der Waals surface area contributed by atoms with E-state index in [-0.39, 0.29) is 44.7 Å². The van der Waals surface area contributed by atoms with Crippen molar-refractivity contribution >= 4 is 5.91 Å². The molecule has 0 bridgehead atoms. The van der Waals surface area contributed by atoms with Crippen molar-refractivity contribution in [2.75, 3.05) is 6.54 Å². The molecule has 1 radical (unpaired) electrons. The minimum atomic E-state index is 0. The zero-order chi connectivity index (χ0) is 12.3. The fraction of sp³-hybridized carbons (Fsp3) is 0.500. The zero-order valence-electron chi connectivity index (χ0n) is 11.0. The van der Waals surface area contributed by atoms with Crippen LogP contribution in [0, 0.1) is 13.0 Å². The third-order valence-corrected chi connectivity index (χ3v) is 3.01. The van der Waals surface area contributed by atoms with Gasteiger partial charge in [-0.25, -0.2) is 0 Å². The summed E-state index contributed by atoms with van der Waals surface area (Å²) in [6.07, 6.45) is 2.55. The first kappa shape index (κ1) is 15.7. The molecular formula is C14H18NO2Y-. The first-order valence-electron chi connectivity index (χ1n) is 6.14. The fourth-order valence-electron chi connectivity index (χ4n) is 1.94. The molecule has 0 saturated carbocycles. The van der Waals surface area contributed by atoms with E-state index in [1.165, 1.54) is 5.56 Å². The van der Waals surface area contributed by atoms with Crippen LogP contribution in [-0.4, -0.2) is 18.6 Å². The molecule has 0 aliphatic carbocycles. The largest absolute Gasteiger partial charge is 0.514 e. The Balaban J connectivity index is 0.00000162. The number of nitrogens with one attached hydrogen (secondary N) is 1. The number of hydrogen-bond acceptors (Lipinski definition) is 2. The number of carbonyl (C=O) groups excluding carboxylic acids is 1. The van der Waals surface area contributed by atoms with Crippen LogP contribution in [0.5, 0.6) is 5.75 Å². The summed E-state index contributed by atoms with van der Waals surface area (Å²) in [4.78, 5) is 11.2. The smallest absolute Gasteiger partial charge is 0.219 e. The number of rotatable bonds is 3. The molecular weight excluding hydrogens is 303 g/mol. The number of ether oxygens (including phenoxy) is 1. The predicted molar refractivity (Wildman–Crippen MR) is 66.1 cm³/mol. The summed E-state index contributed by atoms with van der Waals surface area (Å²) in [5.41, 5.74) is 2.30. The average Bonchev–Trinajstić information content (AvgIpc) is 2.35. The van der Waals surface area contributed by atoms with Gasteiger partial charge in [-0.1, -0.05) is 20.3 Å². The van der Waals surface area contributed by atoms with E-state index < -0.39 is 0 Å². The van der Waals surface area contributed by atoms with Gasteiger partial charge in [-0.3, -0.25) is 4.79 Å². The van der Waals surface area contributed by atoms with Crippen LogP contribution in [0.25, 0.3) is 0 Å². The molecule has 3 nitrogen and oxygen atoms in total. The maximum Gasteiger partial charge on any atom is 0.219 e. The van der Waals surface area contributed by atoms with Gasteiger partial charge in [-0.05, 0) is 6.42 Å². The third kappa shape index (κ3) is 4.06. The number of amides is 1. The Bertz CT molecular complexity index is 420. The van der Waals surface area contributed by atoms with Crippen LogP contribution < -0.4 is 10.1 Å². The van der Waals surface area contributed by atoms with E-state index in [2.05, 4.69) is 23.5 Å².